The second-order valence-corrected chi connectivity index (χ2v) is 12.7. The Morgan fingerprint density at radius 1 is 1.12 bits per heavy atom. The average Bonchev–Trinajstić information content (AvgIpc) is 3.95. The molecule has 1 aromatic heterocycles. The Labute approximate surface area is 269 Å². The zero-order chi connectivity index (χ0) is 31.1. The third kappa shape index (κ3) is 8.56. The number of hydrogen-bond donors (Lipinski definition) is 2. The van der Waals surface area contributed by atoms with E-state index in [0.29, 0.717) is 33.5 Å². The van der Waals surface area contributed by atoms with Gasteiger partial charge in [-0.05, 0) is 93.5 Å². The van der Waals surface area contributed by atoms with E-state index in [4.69, 9.17) is 37.8 Å². The number of halogens is 2. The first-order chi connectivity index (χ1) is 20.7. The largest absolute Gasteiger partial charge is 0.478 e. The van der Waals surface area contributed by atoms with Crippen LogP contribution in [0.4, 0.5) is 5.69 Å². The van der Waals surface area contributed by atoms with Crippen LogP contribution in [-0.4, -0.2) is 52.2 Å². The van der Waals surface area contributed by atoms with E-state index in [1.54, 1.807) is 23.9 Å². The molecule has 2 aliphatic rings. The van der Waals surface area contributed by atoms with Crippen molar-refractivity contribution in [1.29, 1.82) is 0 Å². The van der Waals surface area contributed by atoms with Crippen molar-refractivity contribution in [2.45, 2.75) is 83.7 Å². The highest BCUT2D eigenvalue weighted by Gasteiger charge is 2.33. The SMILES string of the molecule is CCC(CC)NCc1c(-c2c(Cl)cccc2Cl)noc1C1CC1.CCN(C)C(=Nc1ccc(C(=O)O)cc1C1CC1)SC. The molecule has 232 valence electrons. The van der Waals surface area contributed by atoms with Crippen molar-refractivity contribution in [2.75, 3.05) is 19.8 Å². The van der Waals surface area contributed by atoms with Gasteiger partial charge in [0.25, 0.3) is 0 Å². The summed E-state index contributed by atoms with van der Waals surface area (Å²) >= 11 is 14.4. The molecule has 5 rings (SSSR count). The van der Waals surface area contributed by atoms with Crippen molar-refractivity contribution in [3.63, 3.8) is 0 Å². The van der Waals surface area contributed by atoms with Gasteiger partial charge in [-0.2, -0.15) is 0 Å². The molecule has 10 heteroatoms. The second kappa shape index (κ2) is 15.5. The Hall–Kier alpha value is -2.52. The quantitative estimate of drug-likeness (QED) is 0.159. The van der Waals surface area contributed by atoms with E-state index >= 15 is 0 Å². The summed E-state index contributed by atoms with van der Waals surface area (Å²) in [5, 5.41) is 19.2. The predicted molar refractivity (Wildman–Crippen MR) is 179 cm³/mol. The minimum atomic E-state index is -0.877. The maximum Gasteiger partial charge on any atom is 0.335 e. The lowest BCUT2D eigenvalue weighted by Crippen LogP contribution is -2.27. The Morgan fingerprint density at radius 2 is 1.77 bits per heavy atom. The number of benzene rings is 2. The van der Waals surface area contributed by atoms with Gasteiger partial charge >= 0.3 is 5.97 Å². The number of carbonyl (C=O) groups is 1. The summed E-state index contributed by atoms with van der Waals surface area (Å²) in [4.78, 5) is 17.9. The number of amidine groups is 1. The molecule has 2 N–H and O–H groups in total. The van der Waals surface area contributed by atoms with E-state index in [2.05, 4.69) is 36.1 Å². The molecule has 1 heterocycles. The summed E-state index contributed by atoms with van der Waals surface area (Å²) in [6, 6.07) is 11.3. The highest BCUT2D eigenvalue weighted by Crippen LogP contribution is 2.46. The first-order valence-corrected chi connectivity index (χ1v) is 17.1. The average molecular weight is 646 g/mol. The number of carboxylic acids is 1. The van der Waals surface area contributed by atoms with Crippen molar-refractivity contribution >= 4 is 51.8 Å². The molecule has 2 saturated carbocycles. The number of thioether (sulfide) groups is 1. The predicted octanol–water partition coefficient (Wildman–Crippen LogP) is 9.37. The van der Waals surface area contributed by atoms with Crippen LogP contribution in [0.3, 0.4) is 0 Å². The number of nitrogens with zero attached hydrogens (tertiary/aromatic N) is 3. The number of nitrogens with one attached hydrogen (secondary N) is 1. The second-order valence-electron chi connectivity index (χ2n) is 11.1. The highest BCUT2D eigenvalue weighted by molar-refractivity contribution is 8.13. The Balaban J connectivity index is 0.000000199. The van der Waals surface area contributed by atoms with Gasteiger partial charge < -0.3 is 19.8 Å². The minimum absolute atomic E-state index is 0.348. The Bertz CT molecular complexity index is 1410. The molecule has 0 unspecified atom stereocenters. The fourth-order valence-corrected chi connectivity index (χ4v) is 6.15. The van der Waals surface area contributed by atoms with E-state index in [1.807, 2.05) is 37.6 Å². The van der Waals surface area contributed by atoms with E-state index in [9.17, 15) is 4.79 Å². The van der Waals surface area contributed by atoms with Crippen LogP contribution in [0.2, 0.25) is 10.0 Å². The van der Waals surface area contributed by atoms with Crippen molar-refractivity contribution < 1.29 is 14.4 Å². The van der Waals surface area contributed by atoms with Gasteiger partial charge in [0.15, 0.2) is 5.17 Å². The fraction of sp³-hybridized carbons (Fsp3) is 0.485. The van der Waals surface area contributed by atoms with Gasteiger partial charge in [0, 0.05) is 43.2 Å². The van der Waals surface area contributed by atoms with Crippen LogP contribution in [0.25, 0.3) is 11.3 Å². The number of aliphatic imine (C=N–C) groups is 1. The van der Waals surface area contributed by atoms with Crippen LogP contribution >= 0.6 is 35.0 Å². The van der Waals surface area contributed by atoms with E-state index in [0.717, 1.165) is 77.8 Å². The summed E-state index contributed by atoms with van der Waals surface area (Å²) in [5.74, 6) is 1.09. The van der Waals surface area contributed by atoms with Crippen LogP contribution in [0.15, 0.2) is 45.9 Å². The molecule has 0 aliphatic heterocycles. The number of hydrogen-bond acceptors (Lipinski definition) is 6. The minimum Gasteiger partial charge on any atom is -0.478 e. The number of aromatic nitrogens is 1. The number of rotatable bonds is 11. The first-order valence-electron chi connectivity index (χ1n) is 15.1. The van der Waals surface area contributed by atoms with E-state index < -0.39 is 5.97 Å². The van der Waals surface area contributed by atoms with Crippen LogP contribution in [0.1, 0.15) is 98.4 Å². The van der Waals surface area contributed by atoms with Gasteiger partial charge in [-0.1, -0.05) is 60.0 Å². The molecule has 0 bridgehead atoms. The molecule has 0 amide bonds. The molecule has 2 aromatic carbocycles. The van der Waals surface area contributed by atoms with Crippen molar-refractivity contribution in [3.05, 3.63) is 68.9 Å². The van der Waals surface area contributed by atoms with Gasteiger partial charge in [0.1, 0.15) is 11.5 Å². The molecule has 3 aromatic rings. The van der Waals surface area contributed by atoms with Gasteiger partial charge in [0.2, 0.25) is 0 Å². The molecule has 0 atom stereocenters. The summed E-state index contributed by atoms with van der Waals surface area (Å²) in [5.41, 5.74) is 4.98. The molecule has 0 saturated heterocycles. The van der Waals surface area contributed by atoms with Crippen LogP contribution < -0.4 is 5.32 Å². The zero-order valence-corrected chi connectivity index (χ0v) is 28.0. The molecular weight excluding hydrogens is 603 g/mol. The molecule has 2 fully saturated rings. The summed E-state index contributed by atoms with van der Waals surface area (Å²) in [7, 11) is 2.01. The molecule has 2 aliphatic carbocycles. The van der Waals surface area contributed by atoms with Crippen molar-refractivity contribution in [1.82, 2.24) is 15.4 Å². The van der Waals surface area contributed by atoms with Crippen LogP contribution in [0.5, 0.6) is 0 Å². The molecule has 7 nitrogen and oxygen atoms in total. The zero-order valence-electron chi connectivity index (χ0n) is 25.6. The fourth-order valence-electron chi connectivity index (χ4n) is 4.94. The lowest BCUT2D eigenvalue weighted by atomic mass is 10.0. The van der Waals surface area contributed by atoms with E-state index in [1.165, 1.54) is 12.8 Å². The number of carboxylic acid groups (broad SMARTS) is 1. The summed E-state index contributed by atoms with van der Waals surface area (Å²) in [6.45, 7) is 8.11. The maximum absolute atomic E-state index is 11.1. The van der Waals surface area contributed by atoms with Gasteiger partial charge in [0.05, 0.1) is 21.3 Å². The molecular formula is C33H42Cl2N4O3S. The highest BCUT2D eigenvalue weighted by atomic mass is 35.5. The lowest BCUT2D eigenvalue weighted by molar-refractivity contribution is 0.0697. The molecule has 43 heavy (non-hydrogen) atoms. The Morgan fingerprint density at radius 3 is 2.30 bits per heavy atom. The number of aromatic carboxylic acids is 1. The van der Waals surface area contributed by atoms with Crippen LogP contribution in [-0.2, 0) is 6.54 Å². The lowest BCUT2D eigenvalue weighted by Gasteiger charge is -2.18. The summed E-state index contributed by atoms with van der Waals surface area (Å²) < 4.78 is 5.68. The third-order valence-corrected chi connectivity index (χ3v) is 9.41. The van der Waals surface area contributed by atoms with E-state index in [-0.39, 0.29) is 0 Å². The maximum atomic E-state index is 11.1. The first kappa shape index (κ1) is 33.4. The monoisotopic (exact) mass is 644 g/mol. The molecule has 0 spiro atoms. The van der Waals surface area contributed by atoms with Gasteiger partial charge in [-0.3, -0.25) is 0 Å². The van der Waals surface area contributed by atoms with Gasteiger partial charge in [-0.15, -0.1) is 0 Å². The summed E-state index contributed by atoms with van der Waals surface area (Å²) in [6.07, 6.45) is 8.80. The van der Waals surface area contributed by atoms with Crippen LogP contribution in [0, 0.1) is 0 Å². The van der Waals surface area contributed by atoms with Crippen molar-refractivity contribution in [2.24, 2.45) is 4.99 Å². The topological polar surface area (TPSA) is 91.0 Å². The smallest absolute Gasteiger partial charge is 0.335 e. The van der Waals surface area contributed by atoms with Gasteiger partial charge in [-0.25, -0.2) is 9.79 Å². The standard InChI is InChI=1S/C18H22Cl2N2O.C15H20N2O2S/c1-3-12(4-2)21-10-13-17(22-23-18(13)11-8-9-11)16-14(19)6-5-7-15(16)20;1-4-17(2)15(20-3)16-13-8-7-11(14(18)19)9-12(13)10-5-6-10/h5-7,11-12,21H,3-4,8-10H2,1-2H3;7-10H,4-6H2,1-3H3,(H,18,19). The Kier molecular flexibility index (Phi) is 12.0. The molecule has 0 radical (unpaired) electrons. The normalized spacial score (nSPS) is 14.9. The third-order valence-electron chi connectivity index (χ3n) is 8.01. The van der Waals surface area contributed by atoms with Crippen molar-refractivity contribution in [3.8, 4) is 11.3 Å².